The normalized spacial score (nSPS) is 12.4. The van der Waals surface area contributed by atoms with Crippen LogP contribution in [0.2, 0.25) is 0 Å². The van der Waals surface area contributed by atoms with E-state index in [1.807, 2.05) is 0 Å². The molecular weight excluding hydrogens is 601 g/mol. The second kappa shape index (κ2) is 13.5. The quantitative estimate of drug-likeness (QED) is 0.252. The number of aromatic nitrogens is 2. The van der Waals surface area contributed by atoms with Gasteiger partial charge in [-0.25, -0.2) is 0 Å². The monoisotopic (exact) mass is 634 g/mol. The molecule has 0 aliphatic rings. The van der Waals surface area contributed by atoms with E-state index in [-0.39, 0.29) is 32.3 Å². The zero-order valence-corrected chi connectivity index (χ0v) is 22.6. The molecule has 1 aromatic heterocycles. The molecule has 0 aliphatic heterocycles. The Hall–Kier alpha value is -2.43. The molecule has 2 atom stereocenters. The van der Waals surface area contributed by atoms with Gasteiger partial charge in [0, 0.05) is 43.9 Å². The molecule has 4 rings (SSSR count). The second-order valence-electron chi connectivity index (χ2n) is 8.90. The molecule has 1 radical (unpaired) electrons. The van der Waals surface area contributed by atoms with Gasteiger partial charge in [0.05, 0.1) is 12.2 Å². The van der Waals surface area contributed by atoms with Gasteiger partial charge in [-0.2, -0.15) is 0 Å². The smallest absolute Gasteiger partial charge is 0.0536 e. The number of hydrogen-bond donors (Lipinski definition) is 2. The van der Waals surface area contributed by atoms with Crippen LogP contribution in [-0.2, 0) is 26.5 Å². The van der Waals surface area contributed by atoms with Crippen molar-refractivity contribution in [3.05, 3.63) is 84.8 Å². The Morgan fingerprint density at radius 2 is 1.50 bits per heavy atom. The van der Waals surface area contributed by atoms with Gasteiger partial charge in [0.2, 0.25) is 0 Å². The maximum Gasteiger partial charge on any atom is 0.0536 e. The minimum atomic E-state index is -0.375. The van der Waals surface area contributed by atoms with E-state index in [1.165, 1.54) is 21.9 Å². The van der Waals surface area contributed by atoms with Crippen molar-refractivity contribution in [1.29, 1.82) is 0 Å². The predicted octanol–water partition coefficient (Wildman–Crippen LogP) is 6.10. The first-order chi connectivity index (χ1) is 15.8. The number of hydrogen-bond acceptors (Lipinski definition) is 4. The topological polar surface area (TPSA) is 66.2 Å². The zero-order valence-electron chi connectivity index (χ0n) is 20.2. The van der Waals surface area contributed by atoms with Crippen molar-refractivity contribution in [2.45, 2.75) is 52.7 Å². The van der Waals surface area contributed by atoms with E-state index in [4.69, 9.17) is 10.2 Å². The average Bonchev–Trinajstić information content (AvgIpc) is 2.78. The number of fused-ring (bicyclic) bond motifs is 1. The molecule has 2 unspecified atom stereocenters. The summed E-state index contributed by atoms with van der Waals surface area (Å²) in [6.45, 7) is 7.72. The molecule has 34 heavy (non-hydrogen) atoms. The van der Waals surface area contributed by atoms with E-state index in [1.54, 1.807) is 26.2 Å². The van der Waals surface area contributed by atoms with E-state index in [9.17, 15) is 0 Å². The molecule has 5 heteroatoms. The zero-order chi connectivity index (χ0) is 23.8. The van der Waals surface area contributed by atoms with Gasteiger partial charge < -0.3 is 15.2 Å². The minimum Gasteiger partial charge on any atom is -0.393 e. The number of benzene rings is 3. The summed E-state index contributed by atoms with van der Waals surface area (Å²) in [6.07, 6.45) is 4.17. The average molecular weight is 634 g/mol. The van der Waals surface area contributed by atoms with Gasteiger partial charge >= 0.3 is 0 Å². The van der Waals surface area contributed by atoms with E-state index in [2.05, 4.69) is 90.5 Å². The molecule has 0 saturated carbocycles. The molecule has 1 heterocycles. The van der Waals surface area contributed by atoms with Crippen LogP contribution in [0.25, 0.3) is 33.2 Å². The van der Waals surface area contributed by atoms with Crippen molar-refractivity contribution in [1.82, 2.24) is 9.97 Å². The standard InChI is InChI=1S/C24H21N2.C5H12O2.Ir/c1-17(2)16-23-24(26-15-14-25-23)20-12-10-19(11-13-20)22-9-5-7-18-6-3-4-8-21(18)22;1-4(6)3-5(2)7;/h3-12,14-15,17H,16H2,1-2H3;4-7H,3H2,1-2H3;/q-1;;. The van der Waals surface area contributed by atoms with Crippen LogP contribution in [-0.4, -0.2) is 32.4 Å². The number of rotatable bonds is 6. The van der Waals surface area contributed by atoms with Crippen LogP contribution in [0.4, 0.5) is 0 Å². The van der Waals surface area contributed by atoms with Gasteiger partial charge in [0.15, 0.2) is 0 Å². The van der Waals surface area contributed by atoms with Crippen LogP contribution in [0, 0.1) is 12.0 Å². The summed E-state index contributed by atoms with van der Waals surface area (Å²) < 4.78 is 0. The van der Waals surface area contributed by atoms with Gasteiger partial charge in [0.1, 0.15) is 0 Å². The number of aliphatic hydroxyl groups excluding tert-OH is 2. The molecule has 2 N–H and O–H groups in total. The third-order valence-corrected chi connectivity index (χ3v) is 5.23. The van der Waals surface area contributed by atoms with Gasteiger partial charge in [-0.3, -0.25) is 4.98 Å². The Morgan fingerprint density at radius 1 is 0.824 bits per heavy atom. The first-order valence-electron chi connectivity index (χ1n) is 11.5. The molecule has 0 amide bonds. The van der Waals surface area contributed by atoms with Crippen molar-refractivity contribution < 1.29 is 30.3 Å². The van der Waals surface area contributed by atoms with E-state index >= 15 is 0 Å². The molecule has 0 aliphatic carbocycles. The second-order valence-corrected chi connectivity index (χ2v) is 8.90. The summed E-state index contributed by atoms with van der Waals surface area (Å²) >= 11 is 0. The van der Waals surface area contributed by atoms with Gasteiger partial charge in [-0.15, -0.1) is 29.8 Å². The molecule has 4 aromatic rings. The SMILES string of the molecule is CC(C)Cc1nccnc1-c1[c-]cc(-c2cccc3ccccc23)cc1.CC(O)CC(C)O.[Ir]. The van der Waals surface area contributed by atoms with Crippen LogP contribution >= 0.6 is 0 Å². The summed E-state index contributed by atoms with van der Waals surface area (Å²) in [5.74, 6) is 0.542. The number of nitrogens with zero attached hydrogens (tertiary/aromatic N) is 2. The maximum absolute atomic E-state index is 8.56. The molecular formula is C29H33IrN2O2-. The Morgan fingerprint density at radius 3 is 2.12 bits per heavy atom. The summed E-state index contributed by atoms with van der Waals surface area (Å²) in [7, 11) is 0. The Bertz CT molecular complexity index is 1150. The van der Waals surface area contributed by atoms with Crippen molar-refractivity contribution >= 4 is 10.8 Å². The fourth-order valence-electron chi connectivity index (χ4n) is 3.84. The first-order valence-corrected chi connectivity index (χ1v) is 11.5. The van der Waals surface area contributed by atoms with Crippen molar-refractivity contribution in [2.75, 3.05) is 0 Å². The Labute approximate surface area is 216 Å². The van der Waals surface area contributed by atoms with Crippen molar-refractivity contribution in [3.63, 3.8) is 0 Å². The molecule has 0 spiro atoms. The molecule has 0 saturated heterocycles. The Kier molecular flexibility index (Phi) is 11.0. The maximum atomic E-state index is 8.56. The minimum absolute atomic E-state index is 0. The van der Waals surface area contributed by atoms with Crippen LogP contribution in [0.1, 0.15) is 39.8 Å². The van der Waals surface area contributed by atoms with Crippen molar-refractivity contribution in [2.24, 2.45) is 5.92 Å². The summed E-state index contributed by atoms with van der Waals surface area (Å²) in [6, 6.07) is 24.6. The summed E-state index contributed by atoms with van der Waals surface area (Å²) in [5, 5.41) is 19.6. The Balaban J connectivity index is 0.000000449. The van der Waals surface area contributed by atoms with Crippen molar-refractivity contribution in [3.8, 4) is 22.4 Å². The number of aliphatic hydroxyl groups is 2. The summed E-state index contributed by atoms with van der Waals surface area (Å²) in [4.78, 5) is 9.09. The molecule has 4 nitrogen and oxygen atoms in total. The third kappa shape index (κ3) is 7.82. The first kappa shape index (κ1) is 27.8. The summed E-state index contributed by atoms with van der Waals surface area (Å²) in [5.41, 5.74) is 5.37. The van der Waals surface area contributed by atoms with Gasteiger partial charge in [-0.1, -0.05) is 67.4 Å². The fourth-order valence-corrected chi connectivity index (χ4v) is 3.84. The molecule has 3 aromatic carbocycles. The van der Waals surface area contributed by atoms with Crippen LogP contribution in [0.3, 0.4) is 0 Å². The molecule has 0 fully saturated rings. The molecule has 0 bridgehead atoms. The van der Waals surface area contributed by atoms with Crippen LogP contribution in [0.15, 0.2) is 73.1 Å². The van der Waals surface area contributed by atoms with Crippen LogP contribution in [0.5, 0.6) is 0 Å². The van der Waals surface area contributed by atoms with E-state index in [0.29, 0.717) is 12.3 Å². The predicted molar refractivity (Wildman–Crippen MR) is 136 cm³/mol. The van der Waals surface area contributed by atoms with Crippen LogP contribution < -0.4 is 0 Å². The molecule has 181 valence electrons. The van der Waals surface area contributed by atoms with E-state index < -0.39 is 0 Å². The van der Waals surface area contributed by atoms with Gasteiger partial charge in [0.25, 0.3) is 0 Å². The van der Waals surface area contributed by atoms with E-state index in [0.717, 1.165) is 23.4 Å². The third-order valence-electron chi connectivity index (χ3n) is 5.23. The fraction of sp³-hybridized carbons (Fsp3) is 0.310. The largest absolute Gasteiger partial charge is 0.393 e. The van der Waals surface area contributed by atoms with Gasteiger partial charge in [-0.05, 0) is 43.4 Å².